The molecule has 0 rings (SSSR count). The second-order valence-electron chi connectivity index (χ2n) is 1.83. The van der Waals surface area contributed by atoms with E-state index in [1.807, 2.05) is 0 Å². The van der Waals surface area contributed by atoms with Crippen LogP contribution in [0.5, 0.6) is 0 Å². The van der Waals surface area contributed by atoms with Gasteiger partial charge in [0.25, 0.3) is 0 Å². The Labute approximate surface area is 59.5 Å². The highest BCUT2D eigenvalue weighted by Crippen LogP contribution is 1.98. The van der Waals surface area contributed by atoms with Crippen molar-refractivity contribution in [2.45, 2.75) is 6.92 Å². The Kier molecular flexibility index (Phi) is 3.17. The molecule has 0 aromatic carbocycles. The molecule has 0 aliphatic carbocycles. The molecular weight excluding hydrogens is 132 g/mol. The Morgan fingerprint density at radius 3 is 2.40 bits per heavy atom. The van der Waals surface area contributed by atoms with Gasteiger partial charge in [-0.3, -0.25) is 9.80 Å². The number of hydrogen-bond acceptors (Lipinski definition) is 3. The molecule has 4 nitrogen and oxygen atoms in total. The molecule has 0 heterocycles. The molecule has 10 heavy (non-hydrogen) atoms. The van der Waals surface area contributed by atoms with E-state index in [4.69, 9.17) is 5.11 Å². The van der Waals surface area contributed by atoms with Crippen LogP contribution in [-0.4, -0.2) is 29.3 Å². The van der Waals surface area contributed by atoms with Crippen molar-refractivity contribution in [3.63, 3.8) is 0 Å². The van der Waals surface area contributed by atoms with Gasteiger partial charge >= 0.3 is 5.97 Å². The fourth-order valence-electron chi connectivity index (χ4n) is 0.434. The van der Waals surface area contributed by atoms with E-state index in [9.17, 15) is 4.79 Å². The Morgan fingerprint density at radius 1 is 1.80 bits per heavy atom. The van der Waals surface area contributed by atoms with E-state index < -0.39 is 5.97 Å². The zero-order valence-corrected chi connectivity index (χ0v) is 5.87. The molecule has 1 N–H and O–H groups in total. The lowest BCUT2D eigenvalue weighted by atomic mass is 10.5. The maximum atomic E-state index is 10.1. The van der Waals surface area contributed by atoms with E-state index in [1.54, 1.807) is 6.92 Å². The number of carboxylic acids is 1. The summed E-state index contributed by atoms with van der Waals surface area (Å²) in [6.45, 7) is 8.18. The summed E-state index contributed by atoms with van der Waals surface area (Å²) >= 11 is 0. The van der Waals surface area contributed by atoms with Crippen LogP contribution in [0.3, 0.4) is 0 Å². The molecule has 0 amide bonds. The van der Waals surface area contributed by atoms with Crippen molar-refractivity contribution in [3.05, 3.63) is 12.3 Å². The van der Waals surface area contributed by atoms with Crippen LogP contribution in [-0.2, 0) is 4.79 Å². The first kappa shape index (κ1) is 8.68. The summed E-state index contributed by atoms with van der Waals surface area (Å²) in [7, 11) is 0. The highest BCUT2D eigenvalue weighted by Gasteiger charge is 2.04. The van der Waals surface area contributed by atoms with Crippen LogP contribution >= 0.6 is 0 Å². The van der Waals surface area contributed by atoms with Crippen molar-refractivity contribution in [1.82, 2.24) is 5.01 Å². The van der Waals surface area contributed by atoms with Crippen LogP contribution in [0.25, 0.3) is 0 Å². The van der Waals surface area contributed by atoms with Crippen LogP contribution in [0, 0.1) is 0 Å². The normalized spacial score (nSPS) is 8.50. The summed E-state index contributed by atoms with van der Waals surface area (Å²) in [4.78, 5) is 10.1. The molecule has 0 fully saturated rings. The van der Waals surface area contributed by atoms with Crippen molar-refractivity contribution in [3.8, 4) is 0 Å². The summed E-state index contributed by atoms with van der Waals surface area (Å²) in [5.74, 6) is -0.949. The van der Waals surface area contributed by atoms with E-state index in [2.05, 4.69) is 18.4 Å². The lowest BCUT2D eigenvalue weighted by Gasteiger charge is -2.14. The maximum Gasteiger partial charge on any atom is 0.325 e. The molecule has 0 aromatic heterocycles. The first-order chi connectivity index (χ1) is 4.57. The molecule has 0 aliphatic rings. The molecule has 0 spiro atoms. The van der Waals surface area contributed by atoms with Crippen molar-refractivity contribution in [2.24, 2.45) is 5.10 Å². The molecule has 0 saturated carbocycles. The molecule has 0 saturated heterocycles. The number of hydrogen-bond donors (Lipinski definition) is 1. The first-order valence-corrected chi connectivity index (χ1v) is 2.69. The molecule has 0 bridgehead atoms. The monoisotopic (exact) mass is 142 g/mol. The van der Waals surface area contributed by atoms with Gasteiger partial charge in [-0.15, -0.1) is 0 Å². The minimum absolute atomic E-state index is 0.182. The van der Waals surface area contributed by atoms with Crippen LogP contribution in [0.15, 0.2) is 17.4 Å². The summed E-state index contributed by atoms with van der Waals surface area (Å²) in [5.41, 5.74) is 0.567. The fourth-order valence-corrected chi connectivity index (χ4v) is 0.434. The average molecular weight is 142 g/mol. The second kappa shape index (κ2) is 3.66. The van der Waals surface area contributed by atoms with Crippen LogP contribution in [0.4, 0.5) is 0 Å². The summed E-state index contributed by atoms with van der Waals surface area (Å²) in [6.07, 6.45) is 0. The summed E-state index contributed by atoms with van der Waals surface area (Å²) < 4.78 is 0. The Balaban J connectivity index is 3.96. The maximum absolute atomic E-state index is 10.1. The third-order valence-corrected chi connectivity index (χ3v) is 0.896. The molecule has 4 heteroatoms. The molecule has 56 valence electrons. The van der Waals surface area contributed by atoms with Gasteiger partial charge in [0, 0.05) is 12.4 Å². The Morgan fingerprint density at radius 2 is 2.30 bits per heavy atom. The van der Waals surface area contributed by atoms with Crippen molar-refractivity contribution >= 4 is 12.7 Å². The number of aliphatic carboxylic acids is 1. The zero-order chi connectivity index (χ0) is 8.15. The Hall–Kier alpha value is -1.32. The lowest BCUT2D eigenvalue weighted by Crippen LogP contribution is -2.22. The van der Waals surface area contributed by atoms with Gasteiger partial charge in [0.15, 0.2) is 0 Å². The van der Waals surface area contributed by atoms with Gasteiger partial charge in [0.1, 0.15) is 6.54 Å². The fraction of sp³-hybridized carbons (Fsp3) is 0.333. The minimum atomic E-state index is -0.949. The zero-order valence-electron chi connectivity index (χ0n) is 5.87. The van der Waals surface area contributed by atoms with Crippen molar-refractivity contribution in [1.29, 1.82) is 0 Å². The van der Waals surface area contributed by atoms with E-state index in [-0.39, 0.29) is 6.54 Å². The number of allylic oxidation sites excluding steroid dienone is 1. The minimum Gasteiger partial charge on any atom is -0.480 e. The van der Waals surface area contributed by atoms with E-state index in [1.165, 1.54) is 5.01 Å². The standard InChI is InChI=1S/C6H10N2O2/c1-5(2)8(7-3)4-6(9)10/h1,3-4H2,2H3,(H,9,10). The van der Waals surface area contributed by atoms with Crippen molar-refractivity contribution < 1.29 is 9.90 Å². The molecule has 0 unspecified atom stereocenters. The first-order valence-electron chi connectivity index (χ1n) is 2.69. The number of nitrogens with zero attached hydrogens (tertiary/aromatic N) is 2. The number of hydrazone groups is 1. The largest absolute Gasteiger partial charge is 0.480 e. The van der Waals surface area contributed by atoms with E-state index in [0.29, 0.717) is 5.70 Å². The van der Waals surface area contributed by atoms with Gasteiger partial charge in [0.2, 0.25) is 0 Å². The lowest BCUT2D eigenvalue weighted by molar-refractivity contribution is -0.137. The van der Waals surface area contributed by atoms with Crippen LogP contribution < -0.4 is 0 Å². The number of rotatable bonds is 4. The van der Waals surface area contributed by atoms with Gasteiger partial charge in [0.05, 0.1) is 0 Å². The number of carbonyl (C=O) groups is 1. The van der Waals surface area contributed by atoms with Crippen LogP contribution in [0.1, 0.15) is 6.92 Å². The van der Waals surface area contributed by atoms with Gasteiger partial charge in [-0.2, -0.15) is 5.10 Å². The quantitative estimate of drug-likeness (QED) is 0.460. The summed E-state index contributed by atoms with van der Waals surface area (Å²) in [6, 6.07) is 0. The molecular formula is C6H10N2O2. The third kappa shape index (κ3) is 2.86. The highest BCUT2D eigenvalue weighted by atomic mass is 16.4. The van der Waals surface area contributed by atoms with Crippen LogP contribution in [0.2, 0.25) is 0 Å². The molecule has 0 aromatic rings. The Bertz CT molecular complexity index is 165. The SMILES string of the molecule is C=NN(CC(=O)O)C(=C)C. The third-order valence-electron chi connectivity index (χ3n) is 0.896. The number of carboxylic acid groups (broad SMARTS) is 1. The molecule has 0 atom stereocenters. The average Bonchev–Trinajstić information content (AvgIpc) is 1.81. The van der Waals surface area contributed by atoms with Gasteiger partial charge < -0.3 is 5.11 Å². The highest BCUT2D eigenvalue weighted by molar-refractivity contribution is 5.69. The topological polar surface area (TPSA) is 52.9 Å². The van der Waals surface area contributed by atoms with Gasteiger partial charge in [-0.1, -0.05) is 6.58 Å². The van der Waals surface area contributed by atoms with E-state index in [0.717, 1.165) is 0 Å². The van der Waals surface area contributed by atoms with Gasteiger partial charge in [-0.25, -0.2) is 0 Å². The molecule has 0 aliphatic heterocycles. The van der Waals surface area contributed by atoms with E-state index >= 15 is 0 Å². The van der Waals surface area contributed by atoms with Crippen molar-refractivity contribution in [2.75, 3.05) is 6.54 Å². The van der Waals surface area contributed by atoms with Gasteiger partial charge in [-0.05, 0) is 6.92 Å². The summed E-state index contributed by atoms with van der Waals surface area (Å²) in [5, 5.41) is 12.9. The smallest absolute Gasteiger partial charge is 0.325 e. The predicted octanol–water partition coefficient (Wildman–Crippen LogP) is 0.522. The predicted molar refractivity (Wildman–Crippen MR) is 38.7 cm³/mol. The second-order valence-corrected chi connectivity index (χ2v) is 1.83. The molecule has 0 radical (unpaired) electrons.